The lowest BCUT2D eigenvalue weighted by molar-refractivity contribution is -0.139. The molecule has 0 bridgehead atoms. The largest absolute Gasteiger partial charge is 0.480 e. The molecule has 8 nitrogen and oxygen atoms in total. The molecule has 2 atom stereocenters. The van der Waals surface area contributed by atoms with Gasteiger partial charge in [-0.3, -0.25) is 4.57 Å². The lowest BCUT2D eigenvalue weighted by Crippen LogP contribution is -2.43. The minimum atomic E-state index is -4.60. The van der Waals surface area contributed by atoms with Gasteiger partial charge >= 0.3 is 19.7 Å². The van der Waals surface area contributed by atoms with Gasteiger partial charge in [-0.1, -0.05) is 48.5 Å². The Bertz CT molecular complexity index is 1420. The van der Waals surface area contributed by atoms with Crippen LogP contribution < -0.4 is 5.32 Å². The summed E-state index contributed by atoms with van der Waals surface area (Å²) in [5.74, 6) is -10.0. The number of ether oxygens (including phenoxy) is 1. The Morgan fingerprint density at radius 1 is 0.923 bits per heavy atom. The van der Waals surface area contributed by atoms with Crippen LogP contribution in [0, 0.1) is 23.3 Å². The molecule has 0 saturated heterocycles. The van der Waals surface area contributed by atoms with Crippen LogP contribution in [0.3, 0.4) is 0 Å². The second kappa shape index (κ2) is 11.2. The number of fused-ring (bicyclic) bond motifs is 3. The molecule has 0 saturated carbocycles. The van der Waals surface area contributed by atoms with Gasteiger partial charge in [-0.05, 0) is 22.3 Å². The van der Waals surface area contributed by atoms with Crippen molar-refractivity contribution in [2.24, 2.45) is 0 Å². The summed E-state index contributed by atoms with van der Waals surface area (Å²) in [7, 11) is -3.84. The first kappa shape index (κ1) is 28.3. The first-order valence-corrected chi connectivity index (χ1v) is 13.3. The molecule has 0 aliphatic heterocycles. The lowest BCUT2D eigenvalue weighted by Gasteiger charge is -2.19. The van der Waals surface area contributed by atoms with Gasteiger partial charge in [-0.15, -0.1) is 0 Å². The van der Waals surface area contributed by atoms with E-state index >= 15 is 0 Å². The standard InChI is InChI=1S/C26H22F4NO7P/c1-37-39(35,36)12-19-23(29)21(27)17(22(28)24(19)30)10-20(25(32)33)31-26(34)38-11-18-15-8-4-2-6-13(15)14-7-3-5-9-16(14)18/h2-9,18,20H,10-12H2,1H3,(H,31,34)(H,32,33)(H,35,36)/t20-/m0/s1. The molecular weight excluding hydrogens is 545 g/mol. The average Bonchev–Trinajstić information content (AvgIpc) is 3.24. The molecular formula is C26H22F4NO7P. The number of aliphatic carboxylic acids is 1. The van der Waals surface area contributed by atoms with Gasteiger partial charge in [0.15, 0.2) is 23.3 Å². The fraction of sp³-hybridized carbons (Fsp3) is 0.231. The minimum absolute atomic E-state index is 0.187. The van der Waals surface area contributed by atoms with E-state index in [1.165, 1.54) is 0 Å². The van der Waals surface area contributed by atoms with Crippen LogP contribution in [0.2, 0.25) is 0 Å². The first-order chi connectivity index (χ1) is 18.4. The van der Waals surface area contributed by atoms with E-state index in [4.69, 9.17) is 4.74 Å². The van der Waals surface area contributed by atoms with E-state index in [1.54, 1.807) is 0 Å². The van der Waals surface area contributed by atoms with Gasteiger partial charge in [0.2, 0.25) is 0 Å². The Morgan fingerprint density at radius 3 is 1.90 bits per heavy atom. The maximum Gasteiger partial charge on any atom is 0.407 e. The summed E-state index contributed by atoms with van der Waals surface area (Å²) in [6.45, 7) is -0.187. The van der Waals surface area contributed by atoms with E-state index in [0.29, 0.717) is 0 Å². The van der Waals surface area contributed by atoms with E-state index in [-0.39, 0.29) is 12.5 Å². The van der Waals surface area contributed by atoms with Crippen molar-refractivity contribution in [3.05, 3.63) is 94.1 Å². The van der Waals surface area contributed by atoms with Crippen molar-refractivity contribution >= 4 is 19.7 Å². The summed E-state index contributed by atoms with van der Waals surface area (Å²) < 4.78 is 79.4. The number of carboxylic acids is 1. The Labute approximate surface area is 219 Å². The average molecular weight is 567 g/mol. The summed E-state index contributed by atoms with van der Waals surface area (Å²) in [4.78, 5) is 33.6. The highest BCUT2D eigenvalue weighted by Gasteiger charge is 2.34. The van der Waals surface area contributed by atoms with Gasteiger partial charge in [0.1, 0.15) is 12.6 Å². The van der Waals surface area contributed by atoms with Crippen molar-refractivity contribution in [3.8, 4) is 11.1 Å². The van der Waals surface area contributed by atoms with E-state index in [2.05, 4.69) is 4.52 Å². The van der Waals surface area contributed by atoms with E-state index in [1.807, 2.05) is 53.8 Å². The highest BCUT2D eigenvalue weighted by molar-refractivity contribution is 7.51. The molecule has 3 aromatic carbocycles. The summed E-state index contributed by atoms with van der Waals surface area (Å²) >= 11 is 0. The number of benzene rings is 3. The molecule has 1 amide bonds. The predicted octanol–water partition coefficient (Wildman–Crippen LogP) is 5.11. The molecule has 0 spiro atoms. The third-order valence-corrected chi connectivity index (χ3v) is 7.72. The smallest absolute Gasteiger partial charge is 0.407 e. The second-order valence-corrected chi connectivity index (χ2v) is 10.7. The van der Waals surface area contributed by atoms with Crippen LogP contribution in [0.15, 0.2) is 48.5 Å². The van der Waals surface area contributed by atoms with Gasteiger partial charge in [0.25, 0.3) is 0 Å². The molecule has 4 rings (SSSR count). The van der Waals surface area contributed by atoms with E-state index in [9.17, 15) is 41.7 Å². The van der Waals surface area contributed by atoms with Crippen LogP contribution in [-0.4, -0.2) is 41.8 Å². The Kier molecular flexibility index (Phi) is 8.10. The van der Waals surface area contributed by atoms with Crippen molar-refractivity contribution in [1.82, 2.24) is 5.32 Å². The number of halogens is 4. The van der Waals surface area contributed by atoms with Crippen LogP contribution in [0.25, 0.3) is 11.1 Å². The van der Waals surface area contributed by atoms with Gasteiger partial charge in [-0.25, -0.2) is 27.2 Å². The SMILES string of the molecule is COP(=O)(O)Cc1c(F)c(F)c(C[C@H](NC(=O)OCC2c3ccccc3-c3ccccc32)C(=O)O)c(F)c1F. The van der Waals surface area contributed by atoms with Gasteiger partial charge in [0, 0.05) is 30.6 Å². The third-order valence-electron chi connectivity index (χ3n) is 6.43. The van der Waals surface area contributed by atoms with E-state index in [0.717, 1.165) is 29.4 Å². The zero-order valence-corrected chi connectivity index (χ0v) is 21.2. The summed E-state index contributed by atoms with van der Waals surface area (Å²) in [5, 5.41) is 11.4. The fourth-order valence-electron chi connectivity index (χ4n) is 4.49. The summed E-state index contributed by atoms with van der Waals surface area (Å²) in [6, 6.07) is 12.9. The fourth-order valence-corrected chi connectivity index (χ4v) is 5.30. The topological polar surface area (TPSA) is 122 Å². The van der Waals surface area contributed by atoms with Crippen molar-refractivity contribution < 1.29 is 51.0 Å². The number of carbonyl (C=O) groups is 2. The normalized spacial score (nSPS) is 14.7. The molecule has 13 heteroatoms. The Hall–Kier alpha value is -3.73. The Morgan fingerprint density at radius 2 is 1.41 bits per heavy atom. The van der Waals surface area contributed by atoms with Crippen LogP contribution in [0.4, 0.5) is 22.4 Å². The molecule has 1 aliphatic carbocycles. The first-order valence-electron chi connectivity index (χ1n) is 11.5. The molecule has 0 radical (unpaired) electrons. The Balaban J connectivity index is 1.50. The van der Waals surface area contributed by atoms with Crippen molar-refractivity contribution in [1.29, 1.82) is 0 Å². The lowest BCUT2D eigenvalue weighted by atomic mass is 9.98. The number of hydrogen-bond acceptors (Lipinski definition) is 5. The quantitative estimate of drug-likeness (QED) is 0.187. The molecule has 206 valence electrons. The third kappa shape index (κ3) is 5.68. The highest BCUT2D eigenvalue weighted by atomic mass is 31.2. The van der Waals surface area contributed by atoms with E-state index < -0.39 is 72.7 Å². The van der Waals surface area contributed by atoms with Crippen molar-refractivity contribution in [2.45, 2.75) is 24.5 Å². The molecule has 1 unspecified atom stereocenters. The molecule has 0 aromatic heterocycles. The number of nitrogens with one attached hydrogen (secondary N) is 1. The van der Waals surface area contributed by atoms with Crippen LogP contribution in [-0.2, 0) is 31.2 Å². The van der Waals surface area contributed by atoms with Crippen LogP contribution >= 0.6 is 7.60 Å². The number of alkyl carbamates (subject to hydrolysis) is 1. The summed E-state index contributed by atoms with van der Waals surface area (Å²) in [6.07, 6.45) is -3.79. The molecule has 3 N–H and O–H groups in total. The van der Waals surface area contributed by atoms with Crippen molar-refractivity contribution in [3.63, 3.8) is 0 Å². The maximum absolute atomic E-state index is 14.6. The van der Waals surface area contributed by atoms with Crippen LogP contribution in [0.1, 0.15) is 28.2 Å². The van der Waals surface area contributed by atoms with Gasteiger partial charge in [-0.2, -0.15) is 0 Å². The molecule has 1 aliphatic rings. The van der Waals surface area contributed by atoms with Crippen LogP contribution in [0.5, 0.6) is 0 Å². The zero-order chi connectivity index (χ0) is 28.5. The number of amides is 1. The zero-order valence-electron chi connectivity index (χ0n) is 20.3. The van der Waals surface area contributed by atoms with Gasteiger partial charge in [0.05, 0.1) is 6.16 Å². The number of carbonyl (C=O) groups excluding carboxylic acids is 1. The van der Waals surface area contributed by atoms with Gasteiger partial charge < -0.3 is 24.6 Å². The highest BCUT2D eigenvalue weighted by Crippen LogP contribution is 2.46. The molecule has 0 fully saturated rings. The summed E-state index contributed by atoms with van der Waals surface area (Å²) in [5.41, 5.74) is 0.983. The second-order valence-electron chi connectivity index (χ2n) is 8.76. The predicted molar refractivity (Wildman–Crippen MR) is 130 cm³/mol. The molecule has 0 heterocycles. The maximum atomic E-state index is 14.6. The molecule has 3 aromatic rings. The minimum Gasteiger partial charge on any atom is -0.480 e. The number of hydrogen-bond donors (Lipinski definition) is 3. The number of carboxylic acid groups (broad SMARTS) is 1. The molecule has 39 heavy (non-hydrogen) atoms. The number of rotatable bonds is 9. The monoisotopic (exact) mass is 567 g/mol. The van der Waals surface area contributed by atoms with Crippen molar-refractivity contribution in [2.75, 3.05) is 13.7 Å².